The minimum atomic E-state index is -0.0333. The fourth-order valence-corrected chi connectivity index (χ4v) is 5.83. The van der Waals surface area contributed by atoms with Gasteiger partial charge in [-0.15, -0.1) is 0 Å². The van der Waals surface area contributed by atoms with Gasteiger partial charge in [0.15, 0.2) is 0 Å². The lowest BCUT2D eigenvalue weighted by atomic mass is 9.92. The highest BCUT2D eigenvalue weighted by Crippen LogP contribution is 2.29. The van der Waals surface area contributed by atoms with Crippen LogP contribution in [-0.2, 0) is 11.3 Å². The largest absolute Gasteiger partial charge is 0.495 e. The van der Waals surface area contributed by atoms with Gasteiger partial charge in [-0.05, 0) is 90.9 Å². The Labute approximate surface area is 249 Å². The summed E-state index contributed by atoms with van der Waals surface area (Å²) in [5.41, 5.74) is 2.30. The second kappa shape index (κ2) is 13.9. The third-order valence-corrected chi connectivity index (χ3v) is 8.23. The van der Waals surface area contributed by atoms with Gasteiger partial charge >= 0.3 is 0 Å². The molecule has 2 aromatic carbocycles. The van der Waals surface area contributed by atoms with E-state index in [1.807, 2.05) is 35.1 Å². The topological polar surface area (TPSA) is 102 Å². The molecule has 2 aliphatic rings. The molecule has 5 rings (SSSR count). The molecule has 2 heterocycles. The molecule has 1 saturated carbocycles. The highest BCUT2D eigenvalue weighted by molar-refractivity contribution is 9.10. The van der Waals surface area contributed by atoms with Gasteiger partial charge in [0.1, 0.15) is 17.6 Å². The number of ether oxygens (including phenoxy) is 3. The van der Waals surface area contributed by atoms with Gasteiger partial charge in [-0.25, -0.2) is 0 Å². The Bertz CT molecular complexity index is 1340. The number of anilines is 1. The lowest BCUT2D eigenvalue weighted by Crippen LogP contribution is -2.39. The second-order valence-corrected chi connectivity index (χ2v) is 11.5. The number of hydrogen-bond acceptors (Lipinski definition) is 7. The van der Waals surface area contributed by atoms with Crippen molar-refractivity contribution >= 4 is 27.5 Å². The van der Waals surface area contributed by atoms with Crippen LogP contribution in [0.5, 0.6) is 11.5 Å². The number of piperidine rings is 1. The summed E-state index contributed by atoms with van der Waals surface area (Å²) < 4.78 is 20.3. The van der Waals surface area contributed by atoms with E-state index in [2.05, 4.69) is 37.3 Å². The molecule has 41 heavy (non-hydrogen) atoms. The van der Waals surface area contributed by atoms with Crippen LogP contribution in [0.2, 0.25) is 0 Å². The van der Waals surface area contributed by atoms with E-state index < -0.39 is 0 Å². The summed E-state index contributed by atoms with van der Waals surface area (Å²) in [6, 6.07) is 15.5. The van der Waals surface area contributed by atoms with Crippen molar-refractivity contribution in [2.75, 3.05) is 31.7 Å². The van der Waals surface area contributed by atoms with Gasteiger partial charge in [-0.1, -0.05) is 0 Å². The van der Waals surface area contributed by atoms with Gasteiger partial charge in [-0.2, -0.15) is 10.4 Å². The van der Waals surface area contributed by atoms with Crippen molar-refractivity contribution in [1.82, 2.24) is 15.1 Å². The Morgan fingerprint density at radius 1 is 1.07 bits per heavy atom. The number of nitriles is 1. The van der Waals surface area contributed by atoms with Crippen molar-refractivity contribution in [1.29, 1.82) is 5.26 Å². The Morgan fingerprint density at radius 2 is 1.83 bits per heavy atom. The van der Waals surface area contributed by atoms with Gasteiger partial charge in [-0.3, -0.25) is 9.48 Å². The highest BCUT2D eigenvalue weighted by Gasteiger charge is 2.25. The molecule has 1 amide bonds. The Kier molecular flexibility index (Phi) is 9.80. The summed E-state index contributed by atoms with van der Waals surface area (Å²) in [6.07, 6.45) is 9.47. The third kappa shape index (κ3) is 7.80. The smallest absolute Gasteiger partial charge is 0.251 e. The molecular weight excluding hydrogens is 586 g/mol. The third-order valence-electron chi connectivity index (χ3n) is 7.82. The zero-order valence-electron chi connectivity index (χ0n) is 23.3. The summed E-state index contributed by atoms with van der Waals surface area (Å²) in [4.78, 5) is 15.3. The maximum atomic E-state index is 12.9. The number of hydrogen-bond donors (Lipinski definition) is 1. The maximum absolute atomic E-state index is 12.9. The van der Waals surface area contributed by atoms with E-state index in [-0.39, 0.29) is 24.2 Å². The van der Waals surface area contributed by atoms with Gasteiger partial charge < -0.3 is 24.4 Å². The number of methoxy groups -OCH3 is 1. The molecule has 0 spiro atoms. The molecule has 9 nitrogen and oxygen atoms in total. The minimum absolute atomic E-state index is 0.0333. The summed E-state index contributed by atoms with van der Waals surface area (Å²) in [5.74, 6) is 1.18. The van der Waals surface area contributed by atoms with E-state index in [0.29, 0.717) is 29.2 Å². The van der Waals surface area contributed by atoms with Gasteiger partial charge in [0.2, 0.25) is 0 Å². The zero-order chi connectivity index (χ0) is 28.6. The first-order chi connectivity index (χ1) is 20.0. The van der Waals surface area contributed by atoms with Crippen LogP contribution in [-0.4, -0.2) is 60.7 Å². The first kappa shape index (κ1) is 29.0. The number of halogens is 1. The van der Waals surface area contributed by atoms with Crippen molar-refractivity contribution in [2.45, 2.75) is 63.3 Å². The van der Waals surface area contributed by atoms with Crippen molar-refractivity contribution in [3.8, 4) is 17.6 Å². The highest BCUT2D eigenvalue weighted by atomic mass is 79.9. The number of nitrogens with one attached hydrogen (secondary N) is 1. The Hall–Kier alpha value is -3.55. The maximum Gasteiger partial charge on any atom is 0.251 e. The monoisotopic (exact) mass is 621 g/mol. The Balaban J connectivity index is 1.02. The van der Waals surface area contributed by atoms with Crippen LogP contribution in [0.15, 0.2) is 59.3 Å². The minimum Gasteiger partial charge on any atom is -0.495 e. The Morgan fingerprint density at radius 3 is 2.49 bits per heavy atom. The molecule has 216 valence electrons. The molecule has 0 bridgehead atoms. The molecular formula is C31H36BrN5O4. The van der Waals surface area contributed by atoms with E-state index in [4.69, 9.17) is 19.5 Å². The summed E-state index contributed by atoms with van der Waals surface area (Å²) in [5, 5.41) is 16.6. The SMILES string of the molecule is COc1cc(OC2CCC(NC(=O)c3ccc(N4CCC(OCCn5cc(Br)cn5)CC4)cc3)CC2)ccc1C#N. The van der Waals surface area contributed by atoms with Crippen LogP contribution in [0.3, 0.4) is 0 Å². The fraction of sp³-hybridized carbons (Fsp3) is 0.452. The van der Waals surface area contributed by atoms with Crippen LogP contribution in [0, 0.1) is 11.3 Å². The second-order valence-electron chi connectivity index (χ2n) is 10.6. The van der Waals surface area contributed by atoms with E-state index in [1.165, 1.54) is 0 Å². The number of nitrogens with zero attached hydrogens (tertiary/aromatic N) is 4. The van der Waals surface area contributed by atoms with Crippen LogP contribution in [0.1, 0.15) is 54.4 Å². The zero-order valence-corrected chi connectivity index (χ0v) is 24.9. The quantitative estimate of drug-likeness (QED) is 0.326. The lowest BCUT2D eigenvalue weighted by molar-refractivity contribution is 0.0311. The molecule has 2 fully saturated rings. The lowest BCUT2D eigenvalue weighted by Gasteiger charge is -2.33. The molecule has 1 aliphatic heterocycles. The van der Waals surface area contributed by atoms with Crippen LogP contribution in [0.4, 0.5) is 5.69 Å². The molecule has 10 heteroatoms. The number of carbonyl (C=O) groups is 1. The number of amides is 1. The molecule has 0 atom stereocenters. The molecule has 1 N–H and O–H groups in total. The van der Waals surface area contributed by atoms with Gasteiger partial charge in [0.25, 0.3) is 5.91 Å². The number of aromatic nitrogens is 2. The van der Waals surface area contributed by atoms with Crippen LogP contribution < -0.4 is 19.7 Å². The summed E-state index contributed by atoms with van der Waals surface area (Å²) in [6.45, 7) is 3.27. The molecule has 0 unspecified atom stereocenters. The van der Waals surface area contributed by atoms with E-state index in [0.717, 1.165) is 68.3 Å². The van der Waals surface area contributed by atoms with E-state index in [9.17, 15) is 4.79 Å². The molecule has 1 aliphatic carbocycles. The van der Waals surface area contributed by atoms with Crippen LogP contribution in [0.25, 0.3) is 0 Å². The molecule has 1 aromatic heterocycles. The molecule has 0 radical (unpaired) electrons. The van der Waals surface area contributed by atoms with Crippen molar-refractivity contribution in [3.05, 3.63) is 70.5 Å². The first-order valence-electron chi connectivity index (χ1n) is 14.2. The van der Waals surface area contributed by atoms with Crippen molar-refractivity contribution in [3.63, 3.8) is 0 Å². The number of benzene rings is 2. The fourth-order valence-electron chi connectivity index (χ4n) is 5.50. The standard InChI is InChI=1S/C31H36BrN5O4/c1-39-30-18-29(9-4-23(30)19-33)41-28-10-5-25(6-11-28)35-31(38)22-2-7-26(8-3-22)36-14-12-27(13-15-36)40-17-16-37-21-24(32)20-34-37/h2-4,7-9,18,20-21,25,27-28H,5-6,10-17H2,1H3,(H,35,38). The average molecular weight is 623 g/mol. The van der Waals surface area contributed by atoms with E-state index >= 15 is 0 Å². The number of carbonyl (C=O) groups excluding carboxylic acids is 1. The summed E-state index contributed by atoms with van der Waals surface area (Å²) in [7, 11) is 1.55. The first-order valence-corrected chi connectivity index (χ1v) is 15.0. The average Bonchev–Trinajstić information content (AvgIpc) is 3.43. The van der Waals surface area contributed by atoms with Crippen LogP contribution >= 0.6 is 15.9 Å². The predicted molar refractivity (Wildman–Crippen MR) is 159 cm³/mol. The van der Waals surface area contributed by atoms with E-state index in [1.54, 1.807) is 31.5 Å². The molecule has 3 aromatic rings. The van der Waals surface area contributed by atoms with Gasteiger partial charge in [0, 0.05) is 42.6 Å². The van der Waals surface area contributed by atoms with Crippen molar-refractivity contribution in [2.24, 2.45) is 0 Å². The predicted octanol–water partition coefficient (Wildman–Crippen LogP) is 5.33. The normalized spacial score (nSPS) is 19.4. The molecule has 1 saturated heterocycles. The van der Waals surface area contributed by atoms with Gasteiger partial charge in [0.05, 0.1) is 48.7 Å². The number of rotatable bonds is 10. The van der Waals surface area contributed by atoms with Crippen molar-refractivity contribution < 1.29 is 19.0 Å². The summed E-state index contributed by atoms with van der Waals surface area (Å²) >= 11 is 3.42.